The first-order valence-corrected chi connectivity index (χ1v) is 10.4. The molecule has 2 aromatic rings. The predicted octanol–water partition coefficient (Wildman–Crippen LogP) is 1.90. The molecule has 0 bridgehead atoms. The highest BCUT2D eigenvalue weighted by Crippen LogP contribution is 2.11. The molecule has 162 valence electrons. The van der Waals surface area contributed by atoms with E-state index in [4.69, 9.17) is 0 Å². The zero-order valence-corrected chi connectivity index (χ0v) is 20.3. The highest BCUT2D eigenvalue weighted by atomic mass is 127. The minimum Gasteiger partial charge on any atom is -0.357 e. The number of hydrogen-bond donors (Lipinski definition) is 3. The van der Waals surface area contributed by atoms with E-state index in [0.717, 1.165) is 23.1 Å². The Labute approximate surface area is 197 Å². The molecule has 0 saturated carbocycles. The Kier molecular flexibility index (Phi) is 9.50. The van der Waals surface area contributed by atoms with Crippen LogP contribution in [0.15, 0.2) is 35.5 Å². The number of thiazole rings is 1. The summed E-state index contributed by atoms with van der Waals surface area (Å²) >= 11 is 1.66. The molecule has 3 rings (SSSR count). The zero-order chi connectivity index (χ0) is 20.6. The number of nitrogens with one attached hydrogen (secondary N) is 3. The van der Waals surface area contributed by atoms with E-state index < -0.39 is 0 Å². The van der Waals surface area contributed by atoms with E-state index in [1.165, 1.54) is 4.88 Å². The van der Waals surface area contributed by atoms with Gasteiger partial charge in [-0.2, -0.15) is 0 Å². The molecule has 2 heterocycles. The summed E-state index contributed by atoms with van der Waals surface area (Å²) in [5, 5.41) is 10.2. The van der Waals surface area contributed by atoms with Crippen LogP contribution in [0.4, 0.5) is 0 Å². The number of carbonyl (C=O) groups excluding carboxylic acids is 2. The zero-order valence-electron chi connectivity index (χ0n) is 17.1. The Morgan fingerprint density at radius 1 is 1.30 bits per heavy atom. The number of aryl methyl sites for hydroxylation is 1. The maximum Gasteiger partial charge on any atom is 0.254 e. The maximum absolute atomic E-state index is 12.5. The largest absolute Gasteiger partial charge is 0.357 e. The SMILES string of the molecule is CCNC(=NCc1ccc(C(=O)N2CCNC(=O)C2)cc1)NCc1ncc(C)s1.I. The van der Waals surface area contributed by atoms with Gasteiger partial charge in [0, 0.05) is 36.3 Å². The molecule has 1 saturated heterocycles. The summed E-state index contributed by atoms with van der Waals surface area (Å²) in [5.74, 6) is 0.482. The van der Waals surface area contributed by atoms with Crippen molar-refractivity contribution < 1.29 is 9.59 Å². The second-order valence-corrected chi connectivity index (χ2v) is 8.01. The molecule has 2 amide bonds. The number of amides is 2. The van der Waals surface area contributed by atoms with Crippen LogP contribution in [-0.4, -0.2) is 53.8 Å². The van der Waals surface area contributed by atoms with Crippen molar-refractivity contribution in [2.45, 2.75) is 26.9 Å². The van der Waals surface area contributed by atoms with Crippen LogP contribution in [-0.2, 0) is 17.9 Å². The average molecular weight is 542 g/mol. The topological polar surface area (TPSA) is 98.7 Å². The number of carbonyl (C=O) groups is 2. The molecule has 10 heteroatoms. The number of hydrogen-bond acceptors (Lipinski definition) is 5. The quantitative estimate of drug-likeness (QED) is 0.294. The minimum atomic E-state index is -0.122. The Hall–Kier alpha value is -2.21. The van der Waals surface area contributed by atoms with Crippen LogP contribution >= 0.6 is 35.3 Å². The van der Waals surface area contributed by atoms with Gasteiger partial charge in [-0.3, -0.25) is 9.59 Å². The normalized spacial score (nSPS) is 14.0. The van der Waals surface area contributed by atoms with E-state index >= 15 is 0 Å². The molecule has 3 N–H and O–H groups in total. The molecule has 0 aliphatic carbocycles. The molecule has 1 fully saturated rings. The van der Waals surface area contributed by atoms with Gasteiger partial charge in [0.05, 0.1) is 19.6 Å². The number of halogens is 1. The van der Waals surface area contributed by atoms with E-state index in [0.29, 0.717) is 31.7 Å². The van der Waals surface area contributed by atoms with Crippen LogP contribution in [0.3, 0.4) is 0 Å². The molecule has 1 aromatic heterocycles. The summed E-state index contributed by atoms with van der Waals surface area (Å²) < 4.78 is 0. The standard InChI is InChI=1S/C20H26N6O2S.HI/c1-3-21-20(25-12-18-23-10-14(2)29-18)24-11-15-4-6-16(7-5-15)19(28)26-9-8-22-17(27)13-26;/h4-7,10H,3,8-9,11-13H2,1-2H3,(H,22,27)(H2,21,24,25);1H. The highest BCUT2D eigenvalue weighted by molar-refractivity contribution is 14.0. The van der Waals surface area contributed by atoms with Gasteiger partial charge in [0.2, 0.25) is 5.91 Å². The Morgan fingerprint density at radius 3 is 2.70 bits per heavy atom. The Bertz CT molecular complexity index is 884. The van der Waals surface area contributed by atoms with Gasteiger partial charge in [-0.15, -0.1) is 35.3 Å². The monoisotopic (exact) mass is 542 g/mol. The van der Waals surface area contributed by atoms with Crippen molar-refractivity contribution in [3.63, 3.8) is 0 Å². The number of benzene rings is 1. The Morgan fingerprint density at radius 2 is 2.07 bits per heavy atom. The number of aliphatic imine (C=N–C) groups is 1. The van der Waals surface area contributed by atoms with Crippen molar-refractivity contribution in [1.82, 2.24) is 25.8 Å². The lowest BCUT2D eigenvalue weighted by molar-refractivity contribution is -0.123. The smallest absolute Gasteiger partial charge is 0.254 e. The fourth-order valence-electron chi connectivity index (χ4n) is 2.90. The summed E-state index contributed by atoms with van der Waals surface area (Å²) in [5.41, 5.74) is 1.58. The van der Waals surface area contributed by atoms with Crippen LogP contribution in [0.25, 0.3) is 0 Å². The van der Waals surface area contributed by atoms with Crippen molar-refractivity contribution >= 4 is 53.1 Å². The van der Waals surface area contributed by atoms with E-state index in [2.05, 4.69) is 25.9 Å². The van der Waals surface area contributed by atoms with Crippen LogP contribution in [0, 0.1) is 6.92 Å². The van der Waals surface area contributed by atoms with E-state index in [9.17, 15) is 9.59 Å². The maximum atomic E-state index is 12.5. The van der Waals surface area contributed by atoms with Gasteiger partial charge >= 0.3 is 0 Å². The van der Waals surface area contributed by atoms with Gasteiger partial charge in [-0.1, -0.05) is 12.1 Å². The lowest BCUT2D eigenvalue weighted by Gasteiger charge is -2.26. The lowest BCUT2D eigenvalue weighted by atomic mass is 10.1. The summed E-state index contributed by atoms with van der Waals surface area (Å²) in [6, 6.07) is 7.37. The number of rotatable bonds is 6. The highest BCUT2D eigenvalue weighted by Gasteiger charge is 2.22. The first-order chi connectivity index (χ1) is 14.0. The first kappa shape index (κ1) is 24.1. The fraction of sp³-hybridized carbons (Fsp3) is 0.400. The van der Waals surface area contributed by atoms with Gasteiger partial charge in [0.1, 0.15) is 5.01 Å². The molecule has 1 aromatic carbocycles. The fourth-order valence-corrected chi connectivity index (χ4v) is 3.63. The van der Waals surface area contributed by atoms with E-state index in [1.54, 1.807) is 28.4 Å². The third-order valence-corrected chi connectivity index (χ3v) is 5.28. The van der Waals surface area contributed by atoms with Crippen LogP contribution < -0.4 is 16.0 Å². The number of aromatic nitrogens is 1. The van der Waals surface area contributed by atoms with Gasteiger partial charge in [-0.25, -0.2) is 9.98 Å². The molecule has 0 atom stereocenters. The Balaban J connectivity index is 0.00000320. The van der Waals surface area contributed by atoms with Crippen LogP contribution in [0.5, 0.6) is 0 Å². The number of guanidine groups is 1. The molecule has 0 radical (unpaired) electrons. The third-order valence-electron chi connectivity index (χ3n) is 4.37. The summed E-state index contributed by atoms with van der Waals surface area (Å²) in [6.07, 6.45) is 1.87. The molecule has 8 nitrogen and oxygen atoms in total. The van der Waals surface area contributed by atoms with Crippen molar-refractivity contribution in [2.75, 3.05) is 26.2 Å². The molecule has 1 aliphatic rings. The molecule has 0 spiro atoms. The van der Waals surface area contributed by atoms with Crippen LogP contribution in [0.2, 0.25) is 0 Å². The third kappa shape index (κ3) is 6.94. The molecule has 1 aliphatic heterocycles. The molecule has 30 heavy (non-hydrogen) atoms. The van der Waals surface area contributed by atoms with Crippen molar-refractivity contribution in [2.24, 2.45) is 4.99 Å². The number of piperazine rings is 1. The second-order valence-electron chi connectivity index (χ2n) is 6.69. The van der Waals surface area contributed by atoms with Crippen molar-refractivity contribution in [3.8, 4) is 0 Å². The number of nitrogens with zero attached hydrogens (tertiary/aromatic N) is 3. The minimum absolute atomic E-state index is 0. The van der Waals surface area contributed by atoms with Crippen LogP contribution in [0.1, 0.15) is 32.7 Å². The van der Waals surface area contributed by atoms with E-state index in [1.807, 2.05) is 32.2 Å². The summed E-state index contributed by atoms with van der Waals surface area (Å²) in [6.45, 7) is 7.08. The van der Waals surface area contributed by atoms with Crippen molar-refractivity contribution in [3.05, 3.63) is 51.5 Å². The summed E-state index contributed by atoms with van der Waals surface area (Å²) in [4.78, 5) is 35.7. The molecular formula is C20H27IN6O2S. The predicted molar refractivity (Wildman–Crippen MR) is 129 cm³/mol. The molecule has 0 unspecified atom stereocenters. The van der Waals surface area contributed by atoms with Gasteiger partial charge in [0.15, 0.2) is 5.96 Å². The average Bonchev–Trinajstić information content (AvgIpc) is 3.15. The summed E-state index contributed by atoms with van der Waals surface area (Å²) in [7, 11) is 0. The molecular weight excluding hydrogens is 515 g/mol. The van der Waals surface area contributed by atoms with Gasteiger partial charge in [-0.05, 0) is 31.5 Å². The van der Waals surface area contributed by atoms with E-state index in [-0.39, 0.29) is 42.3 Å². The van der Waals surface area contributed by atoms with Crippen molar-refractivity contribution in [1.29, 1.82) is 0 Å². The van der Waals surface area contributed by atoms with Gasteiger partial charge < -0.3 is 20.9 Å². The lowest BCUT2D eigenvalue weighted by Crippen LogP contribution is -2.49. The second kappa shape index (κ2) is 11.8. The van der Waals surface area contributed by atoms with Gasteiger partial charge in [0.25, 0.3) is 5.91 Å². The first-order valence-electron chi connectivity index (χ1n) is 9.63.